The van der Waals surface area contributed by atoms with Crippen molar-refractivity contribution in [2.24, 2.45) is 5.92 Å². The van der Waals surface area contributed by atoms with E-state index in [9.17, 15) is 9.59 Å². The number of hydrogen-bond donors (Lipinski definition) is 0. The molecule has 0 amide bonds. The highest BCUT2D eigenvalue weighted by molar-refractivity contribution is 6.01. The molecule has 2 aromatic rings. The minimum atomic E-state index is -0.0867. The van der Waals surface area contributed by atoms with Gasteiger partial charge in [-0.3, -0.25) is 14.6 Å². The summed E-state index contributed by atoms with van der Waals surface area (Å²) in [6.07, 6.45) is 5.49. The third kappa shape index (κ3) is 3.02. The summed E-state index contributed by atoms with van der Waals surface area (Å²) in [6.45, 7) is 1.53. The molecule has 1 unspecified atom stereocenters. The van der Waals surface area contributed by atoms with E-state index >= 15 is 0 Å². The third-order valence-electron chi connectivity index (χ3n) is 4.47. The van der Waals surface area contributed by atoms with Crippen LogP contribution >= 0.6 is 0 Å². The molecule has 1 aromatic heterocycles. The summed E-state index contributed by atoms with van der Waals surface area (Å²) < 4.78 is 5.22. The van der Waals surface area contributed by atoms with Crippen LogP contribution in [-0.2, 0) is 12.8 Å². The predicted molar refractivity (Wildman–Crippen MR) is 87.1 cm³/mol. The van der Waals surface area contributed by atoms with Gasteiger partial charge in [-0.25, -0.2) is 0 Å². The average Bonchev–Trinajstić information content (AvgIpc) is 2.57. The Morgan fingerprint density at radius 1 is 1.35 bits per heavy atom. The predicted octanol–water partition coefficient (Wildman–Crippen LogP) is 3.28. The van der Waals surface area contributed by atoms with Crippen LogP contribution in [0.2, 0.25) is 0 Å². The molecule has 0 fully saturated rings. The van der Waals surface area contributed by atoms with Gasteiger partial charge >= 0.3 is 0 Å². The van der Waals surface area contributed by atoms with E-state index in [2.05, 4.69) is 4.98 Å². The average molecular weight is 309 g/mol. The number of aromatic nitrogens is 1. The highest BCUT2D eigenvalue weighted by atomic mass is 16.5. The Bertz CT molecular complexity index is 767. The fraction of sp³-hybridized carbons (Fsp3) is 0.316. The first-order valence-electron chi connectivity index (χ1n) is 7.75. The standard InChI is InChI=1S/C19H19NO3/c1-12(21)18-11-20-8-7-14(18)9-15-4-3-13-10-16(23-2)5-6-17(13)19(15)22/h5-8,10-11,15H,3-4,9H2,1-2H3. The summed E-state index contributed by atoms with van der Waals surface area (Å²) >= 11 is 0. The van der Waals surface area contributed by atoms with Crippen LogP contribution in [0.3, 0.4) is 0 Å². The van der Waals surface area contributed by atoms with Gasteiger partial charge in [0.1, 0.15) is 5.75 Å². The molecule has 0 aliphatic heterocycles. The van der Waals surface area contributed by atoms with Crippen molar-refractivity contribution in [3.8, 4) is 5.75 Å². The fourth-order valence-corrected chi connectivity index (χ4v) is 3.20. The number of Topliss-reactive ketones (excluding diaryl/α,β-unsaturated/α-hetero) is 2. The summed E-state index contributed by atoms with van der Waals surface area (Å²) in [4.78, 5) is 28.5. The second-order valence-electron chi connectivity index (χ2n) is 5.92. The third-order valence-corrected chi connectivity index (χ3v) is 4.47. The molecule has 1 heterocycles. The van der Waals surface area contributed by atoms with Crippen molar-refractivity contribution in [1.82, 2.24) is 4.98 Å². The van der Waals surface area contributed by atoms with Crippen molar-refractivity contribution in [1.29, 1.82) is 0 Å². The number of rotatable bonds is 4. The molecule has 4 nitrogen and oxygen atoms in total. The molecule has 1 aromatic carbocycles. The number of carbonyl (C=O) groups excluding carboxylic acids is 2. The maximum Gasteiger partial charge on any atom is 0.166 e. The molecule has 1 atom stereocenters. The molecule has 0 bridgehead atoms. The highest BCUT2D eigenvalue weighted by Gasteiger charge is 2.28. The Morgan fingerprint density at radius 3 is 2.91 bits per heavy atom. The molecular weight excluding hydrogens is 290 g/mol. The van der Waals surface area contributed by atoms with Gasteiger partial charge in [0, 0.05) is 29.4 Å². The number of ketones is 2. The number of aryl methyl sites for hydroxylation is 1. The number of fused-ring (bicyclic) bond motifs is 1. The van der Waals surface area contributed by atoms with Crippen molar-refractivity contribution in [2.45, 2.75) is 26.2 Å². The minimum absolute atomic E-state index is 0.0125. The lowest BCUT2D eigenvalue weighted by molar-refractivity contribution is 0.0898. The van der Waals surface area contributed by atoms with E-state index in [1.807, 2.05) is 24.3 Å². The highest BCUT2D eigenvalue weighted by Crippen LogP contribution is 2.31. The van der Waals surface area contributed by atoms with E-state index in [0.717, 1.165) is 35.3 Å². The number of pyridine rings is 1. The van der Waals surface area contributed by atoms with E-state index in [-0.39, 0.29) is 17.5 Å². The van der Waals surface area contributed by atoms with Gasteiger partial charge in [-0.15, -0.1) is 0 Å². The Hall–Kier alpha value is -2.49. The lowest BCUT2D eigenvalue weighted by Gasteiger charge is -2.24. The lowest BCUT2D eigenvalue weighted by Crippen LogP contribution is -2.25. The van der Waals surface area contributed by atoms with Crippen LogP contribution in [0.1, 0.15) is 45.2 Å². The maximum absolute atomic E-state index is 12.8. The number of methoxy groups -OCH3 is 1. The van der Waals surface area contributed by atoms with Crippen molar-refractivity contribution in [3.05, 3.63) is 58.9 Å². The fourth-order valence-electron chi connectivity index (χ4n) is 3.20. The van der Waals surface area contributed by atoms with Crippen molar-refractivity contribution < 1.29 is 14.3 Å². The summed E-state index contributed by atoms with van der Waals surface area (Å²) in [6, 6.07) is 7.46. The first-order chi connectivity index (χ1) is 11.1. The normalized spacial score (nSPS) is 16.8. The van der Waals surface area contributed by atoms with Crippen LogP contribution in [0.5, 0.6) is 5.75 Å². The topological polar surface area (TPSA) is 56.3 Å². The minimum Gasteiger partial charge on any atom is -0.497 e. The molecule has 0 radical (unpaired) electrons. The molecule has 0 N–H and O–H groups in total. The molecule has 23 heavy (non-hydrogen) atoms. The summed E-state index contributed by atoms with van der Waals surface area (Å²) in [7, 11) is 1.63. The molecule has 118 valence electrons. The summed E-state index contributed by atoms with van der Waals surface area (Å²) in [5, 5.41) is 0. The first-order valence-corrected chi connectivity index (χ1v) is 7.75. The van der Waals surface area contributed by atoms with Crippen molar-refractivity contribution in [3.63, 3.8) is 0 Å². The van der Waals surface area contributed by atoms with Crippen LogP contribution in [0.4, 0.5) is 0 Å². The van der Waals surface area contributed by atoms with E-state index in [1.165, 1.54) is 6.92 Å². The van der Waals surface area contributed by atoms with E-state index in [1.54, 1.807) is 19.5 Å². The summed E-state index contributed by atoms with van der Waals surface area (Å²) in [5.41, 5.74) is 3.34. The van der Waals surface area contributed by atoms with Crippen LogP contribution in [0.15, 0.2) is 36.7 Å². The smallest absolute Gasteiger partial charge is 0.166 e. The number of carbonyl (C=O) groups is 2. The lowest BCUT2D eigenvalue weighted by atomic mass is 9.79. The van der Waals surface area contributed by atoms with Crippen molar-refractivity contribution in [2.75, 3.05) is 7.11 Å². The van der Waals surface area contributed by atoms with Gasteiger partial charge in [-0.05, 0) is 61.6 Å². The summed E-state index contributed by atoms with van der Waals surface area (Å²) in [5.74, 6) is 0.834. The van der Waals surface area contributed by atoms with Gasteiger partial charge in [-0.1, -0.05) is 0 Å². The molecule has 1 aliphatic carbocycles. The van der Waals surface area contributed by atoms with Gasteiger partial charge in [0.25, 0.3) is 0 Å². The van der Waals surface area contributed by atoms with E-state index in [4.69, 9.17) is 4.74 Å². The van der Waals surface area contributed by atoms with Crippen LogP contribution in [0.25, 0.3) is 0 Å². The monoisotopic (exact) mass is 309 g/mol. The zero-order valence-corrected chi connectivity index (χ0v) is 13.3. The second-order valence-corrected chi connectivity index (χ2v) is 5.92. The van der Waals surface area contributed by atoms with Gasteiger partial charge in [0.05, 0.1) is 7.11 Å². The van der Waals surface area contributed by atoms with Gasteiger partial charge in [0.2, 0.25) is 0 Å². The zero-order valence-electron chi connectivity index (χ0n) is 13.3. The van der Waals surface area contributed by atoms with Crippen LogP contribution in [0, 0.1) is 5.92 Å². The van der Waals surface area contributed by atoms with Crippen LogP contribution < -0.4 is 4.74 Å². The van der Waals surface area contributed by atoms with Gasteiger partial charge in [0.15, 0.2) is 11.6 Å². The number of hydrogen-bond acceptors (Lipinski definition) is 4. The van der Waals surface area contributed by atoms with Crippen LogP contribution in [-0.4, -0.2) is 23.7 Å². The second kappa shape index (κ2) is 6.32. The Balaban J connectivity index is 1.86. The number of ether oxygens (including phenoxy) is 1. The van der Waals surface area contributed by atoms with E-state index < -0.39 is 0 Å². The molecule has 1 aliphatic rings. The van der Waals surface area contributed by atoms with Gasteiger partial charge in [-0.2, -0.15) is 0 Å². The molecule has 4 heteroatoms. The Labute approximate surface area is 135 Å². The largest absolute Gasteiger partial charge is 0.497 e. The number of nitrogens with zero attached hydrogens (tertiary/aromatic N) is 1. The molecule has 0 saturated heterocycles. The SMILES string of the molecule is COc1ccc2c(c1)CCC(Cc1ccncc1C(C)=O)C2=O. The zero-order chi connectivity index (χ0) is 16.4. The Morgan fingerprint density at radius 2 is 2.17 bits per heavy atom. The molecular formula is C19H19NO3. The first kappa shape index (κ1) is 15.4. The Kier molecular flexibility index (Phi) is 4.24. The van der Waals surface area contributed by atoms with Gasteiger partial charge < -0.3 is 4.74 Å². The maximum atomic E-state index is 12.8. The number of benzene rings is 1. The quantitative estimate of drug-likeness (QED) is 0.813. The van der Waals surface area contributed by atoms with Crippen molar-refractivity contribution >= 4 is 11.6 Å². The molecule has 0 saturated carbocycles. The molecule has 0 spiro atoms. The van der Waals surface area contributed by atoms with E-state index in [0.29, 0.717) is 12.0 Å². The molecule has 3 rings (SSSR count).